The van der Waals surface area contributed by atoms with Crippen molar-refractivity contribution in [1.82, 2.24) is 20.4 Å². The molecule has 1 aromatic rings. The molecule has 0 atom stereocenters. The highest BCUT2D eigenvalue weighted by Gasteiger charge is 2.40. The SMILES string of the molecule is CCNC(=NCc1cn[nH]c1C)N1CCS(=O)(=O)C(C)(C)C1. The minimum Gasteiger partial charge on any atom is -0.357 e. The number of nitrogens with zero attached hydrogens (tertiary/aromatic N) is 3. The highest BCUT2D eigenvalue weighted by molar-refractivity contribution is 7.92. The summed E-state index contributed by atoms with van der Waals surface area (Å²) < 4.78 is 23.5. The number of aromatic amines is 1. The Balaban J connectivity index is 2.16. The Kier molecular flexibility index (Phi) is 4.79. The van der Waals surface area contributed by atoms with E-state index in [1.54, 1.807) is 20.0 Å². The van der Waals surface area contributed by atoms with E-state index in [9.17, 15) is 8.42 Å². The van der Waals surface area contributed by atoms with Crippen LogP contribution >= 0.6 is 0 Å². The largest absolute Gasteiger partial charge is 0.357 e. The summed E-state index contributed by atoms with van der Waals surface area (Å²) in [6.07, 6.45) is 1.77. The van der Waals surface area contributed by atoms with Gasteiger partial charge in [0.15, 0.2) is 15.8 Å². The first-order chi connectivity index (χ1) is 10.3. The van der Waals surface area contributed by atoms with Crippen molar-refractivity contribution in [1.29, 1.82) is 0 Å². The molecule has 7 nitrogen and oxygen atoms in total. The molecule has 0 aliphatic carbocycles. The molecule has 1 aromatic heterocycles. The number of guanidine groups is 1. The van der Waals surface area contributed by atoms with Gasteiger partial charge in [-0.25, -0.2) is 13.4 Å². The zero-order valence-corrected chi connectivity index (χ0v) is 14.5. The second kappa shape index (κ2) is 6.28. The lowest BCUT2D eigenvalue weighted by molar-refractivity contribution is 0.353. The van der Waals surface area contributed by atoms with Crippen LogP contribution in [0.3, 0.4) is 0 Å². The molecule has 2 rings (SSSR count). The Morgan fingerprint density at radius 1 is 1.55 bits per heavy atom. The van der Waals surface area contributed by atoms with E-state index in [4.69, 9.17) is 0 Å². The molecule has 2 heterocycles. The third-order valence-electron chi connectivity index (χ3n) is 4.01. The predicted octanol–water partition coefficient (Wildman–Crippen LogP) is 0.693. The molecule has 0 bridgehead atoms. The van der Waals surface area contributed by atoms with Crippen LogP contribution in [0.25, 0.3) is 0 Å². The standard InChI is InChI=1S/C14H25N5O2S/c1-5-15-13(16-8-12-9-17-18-11(12)2)19-6-7-22(20,21)14(3,4)10-19/h9H,5-8,10H2,1-4H3,(H,15,16)(H,17,18). The molecule has 2 N–H and O–H groups in total. The van der Waals surface area contributed by atoms with Crippen LogP contribution in [-0.2, 0) is 16.4 Å². The first-order valence-electron chi connectivity index (χ1n) is 7.51. The molecule has 1 fully saturated rings. The molecule has 22 heavy (non-hydrogen) atoms. The number of hydrogen-bond donors (Lipinski definition) is 2. The molecule has 1 saturated heterocycles. The zero-order chi connectivity index (χ0) is 16.4. The smallest absolute Gasteiger partial charge is 0.194 e. The Bertz CT molecular complexity index is 648. The minimum atomic E-state index is -3.05. The summed E-state index contributed by atoms with van der Waals surface area (Å²) in [5.74, 6) is 0.917. The summed E-state index contributed by atoms with van der Waals surface area (Å²) in [4.78, 5) is 6.66. The van der Waals surface area contributed by atoms with Gasteiger partial charge in [0.2, 0.25) is 0 Å². The van der Waals surface area contributed by atoms with Crippen LogP contribution in [0.4, 0.5) is 0 Å². The van der Waals surface area contributed by atoms with Crippen LogP contribution in [0, 0.1) is 6.92 Å². The lowest BCUT2D eigenvalue weighted by Gasteiger charge is -2.39. The third-order valence-corrected chi connectivity index (χ3v) is 6.54. The van der Waals surface area contributed by atoms with Crippen molar-refractivity contribution < 1.29 is 8.42 Å². The Labute approximate surface area is 132 Å². The number of aromatic nitrogens is 2. The van der Waals surface area contributed by atoms with Crippen molar-refractivity contribution in [2.24, 2.45) is 4.99 Å². The summed E-state index contributed by atoms with van der Waals surface area (Å²) in [6, 6.07) is 0. The maximum atomic E-state index is 12.1. The average molecular weight is 327 g/mol. The molecular weight excluding hydrogens is 302 g/mol. The Morgan fingerprint density at radius 2 is 2.27 bits per heavy atom. The van der Waals surface area contributed by atoms with E-state index in [1.165, 1.54) is 0 Å². The van der Waals surface area contributed by atoms with Gasteiger partial charge in [-0.15, -0.1) is 0 Å². The lowest BCUT2D eigenvalue weighted by atomic mass is 10.2. The topological polar surface area (TPSA) is 90.4 Å². The van der Waals surface area contributed by atoms with Gasteiger partial charge in [-0.3, -0.25) is 5.10 Å². The zero-order valence-electron chi connectivity index (χ0n) is 13.7. The quantitative estimate of drug-likeness (QED) is 0.630. The van der Waals surface area contributed by atoms with Crippen LogP contribution < -0.4 is 5.32 Å². The van der Waals surface area contributed by atoms with E-state index in [1.807, 2.05) is 18.7 Å². The van der Waals surface area contributed by atoms with Crippen molar-refractivity contribution in [3.05, 3.63) is 17.5 Å². The van der Waals surface area contributed by atoms with Crippen molar-refractivity contribution in [3.8, 4) is 0 Å². The van der Waals surface area contributed by atoms with Crippen LogP contribution in [0.1, 0.15) is 32.0 Å². The van der Waals surface area contributed by atoms with Crippen LogP contribution in [-0.4, -0.2) is 59.6 Å². The number of hydrogen-bond acceptors (Lipinski definition) is 4. The Morgan fingerprint density at radius 3 is 2.82 bits per heavy atom. The molecule has 0 radical (unpaired) electrons. The number of rotatable bonds is 3. The molecule has 1 aliphatic heterocycles. The highest BCUT2D eigenvalue weighted by Crippen LogP contribution is 2.23. The molecule has 1 aliphatic rings. The molecule has 0 spiro atoms. The molecule has 0 amide bonds. The first-order valence-corrected chi connectivity index (χ1v) is 9.16. The summed E-state index contributed by atoms with van der Waals surface area (Å²) in [7, 11) is -3.05. The number of sulfone groups is 1. The van der Waals surface area contributed by atoms with E-state index in [-0.39, 0.29) is 5.75 Å². The number of H-pyrrole nitrogens is 1. The molecule has 0 aromatic carbocycles. The van der Waals surface area contributed by atoms with Gasteiger partial charge in [-0.05, 0) is 27.7 Å². The maximum absolute atomic E-state index is 12.1. The highest BCUT2D eigenvalue weighted by atomic mass is 32.2. The fourth-order valence-corrected chi connectivity index (χ4v) is 3.81. The van der Waals surface area contributed by atoms with Crippen molar-refractivity contribution >= 4 is 15.8 Å². The van der Waals surface area contributed by atoms with Gasteiger partial charge in [0.05, 0.1) is 23.2 Å². The minimum absolute atomic E-state index is 0.162. The van der Waals surface area contributed by atoms with E-state index in [2.05, 4.69) is 20.5 Å². The summed E-state index contributed by atoms with van der Waals surface area (Å²) in [5, 5.41) is 10.1. The predicted molar refractivity (Wildman–Crippen MR) is 87.6 cm³/mol. The second-order valence-electron chi connectivity index (χ2n) is 6.19. The molecule has 8 heteroatoms. The number of aryl methyl sites for hydroxylation is 1. The lowest BCUT2D eigenvalue weighted by Crippen LogP contribution is -2.57. The van der Waals surface area contributed by atoms with Crippen LogP contribution in [0.15, 0.2) is 11.2 Å². The van der Waals surface area contributed by atoms with E-state index >= 15 is 0 Å². The third kappa shape index (κ3) is 3.43. The fraction of sp³-hybridized carbons (Fsp3) is 0.714. The van der Waals surface area contributed by atoms with Gasteiger partial charge in [0, 0.05) is 30.9 Å². The monoisotopic (exact) mass is 327 g/mol. The average Bonchev–Trinajstić information content (AvgIpc) is 2.83. The maximum Gasteiger partial charge on any atom is 0.194 e. The van der Waals surface area contributed by atoms with Crippen molar-refractivity contribution in [2.75, 3.05) is 25.4 Å². The molecule has 124 valence electrons. The molecule has 0 saturated carbocycles. The second-order valence-corrected chi connectivity index (χ2v) is 8.93. The van der Waals surface area contributed by atoms with Crippen LogP contribution in [0.5, 0.6) is 0 Å². The van der Waals surface area contributed by atoms with Crippen LogP contribution in [0.2, 0.25) is 0 Å². The first kappa shape index (κ1) is 16.8. The van der Waals surface area contributed by atoms with Gasteiger partial charge >= 0.3 is 0 Å². The van der Waals surface area contributed by atoms with Gasteiger partial charge in [-0.2, -0.15) is 5.10 Å². The van der Waals surface area contributed by atoms with E-state index in [0.29, 0.717) is 19.6 Å². The molecular formula is C14H25N5O2S. The van der Waals surface area contributed by atoms with Gasteiger partial charge < -0.3 is 10.2 Å². The van der Waals surface area contributed by atoms with Crippen molar-refractivity contribution in [3.63, 3.8) is 0 Å². The van der Waals surface area contributed by atoms with E-state index in [0.717, 1.165) is 23.8 Å². The number of nitrogens with one attached hydrogen (secondary N) is 2. The van der Waals surface area contributed by atoms with Gasteiger partial charge in [0.25, 0.3) is 0 Å². The fourth-order valence-electron chi connectivity index (χ4n) is 2.45. The summed E-state index contributed by atoms with van der Waals surface area (Å²) in [6.45, 7) is 9.71. The van der Waals surface area contributed by atoms with Crippen molar-refractivity contribution in [2.45, 2.75) is 39.0 Å². The summed E-state index contributed by atoms with van der Waals surface area (Å²) in [5.41, 5.74) is 2.04. The normalized spacial score (nSPS) is 20.9. The van der Waals surface area contributed by atoms with E-state index < -0.39 is 14.6 Å². The Hall–Kier alpha value is -1.57. The van der Waals surface area contributed by atoms with Gasteiger partial charge in [-0.1, -0.05) is 0 Å². The number of aliphatic imine (C=N–C) groups is 1. The van der Waals surface area contributed by atoms with Gasteiger partial charge in [0.1, 0.15) is 0 Å². The molecule has 0 unspecified atom stereocenters. The summed E-state index contributed by atoms with van der Waals surface area (Å²) >= 11 is 0.